The fourth-order valence-electron chi connectivity index (χ4n) is 20.9. The average Bonchev–Trinajstić information content (AvgIpc) is 0.781. The summed E-state index contributed by atoms with van der Waals surface area (Å²) in [6.45, 7) is 0. The zero-order chi connectivity index (χ0) is 68.5. The van der Waals surface area contributed by atoms with Crippen molar-refractivity contribution >= 4 is 94.8 Å². The summed E-state index contributed by atoms with van der Waals surface area (Å²) < 4.78 is 109. The van der Waals surface area contributed by atoms with E-state index in [1.54, 1.807) is 0 Å². The lowest BCUT2D eigenvalue weighted by molar-refractivity contribution is -0.120. The average molecular weight is 1490 g/mol. The minimum absolute atomic E-state index is 0.137. The smallest absolute Gasteiger partial charge is 0.273 e. The molecule has 12 aliphatic rings. The number of rotatable bonds is 18. The molecule has 0 heterocycles. The topological polar surface area (TPSA) is 198 Å². The molecule has 12 rings (SSSR count). The van der Waals surface area contributed by atoms with E-state index < -0.39 is 71.7 Å². The Balaban J connectivity index is 0.000000151. The molecule has 0 N–H and O–H groups in total. The Morgan fingerprint density at radius 3 is 0.552 bits per heavy atom. The van der Waals surface area contributed by atoms with Gasteiger partial charge in [-0.2, -0.15) is 29.1 Å². The van der Waals surface area contributed by atoms with E-state index in [1.165, 1.54) is 95.8 Å². The highest BCUT2D eigenvalue weighted by atomic mass is 32.3. The van der Waals surface area contributed by atoms with Crippen molar-refractivity contribution in [1.82, 2.24) is 0 Å². The van der Waals surface area contributed by atoms with Gasteiger partial charge >= 0.3 is 0 Å². The number of halogens is 1. The Labute approximate surface area is 591 Å². The van der Waals surface area contributed by atoms with E-state index in [0.29, 0.717) is 74.5 Å². The van der Waals surface area contributed by atoms with Crippen molar-refractivity contribution in [1.29, 1.82) is 0 Å². The molecule has 0 bridgehead atoms. The Morgan fingerprint density at radius 2 is 0.385 bits per heavy atom. The fraction of sp³-hybridized carbons (Fsp3) is 0.947. The molecule has 4 atom stereocenters. The van der Waals surface area contributed by atoms with Gasteiger partial charge in [0.15, 0.2) is 0 Å². The molecule has 21 heteroatoms. The number of ketones is 4. The molecular weight excluding hydrogens is 1350 g/mol. The SMILES string of the molecule is CS(=O)(=O)OS(C1CCCCC1)(C1CCCCC1)C1CCCCC1=O.CS(=O)(=O)OS(C1CCCCC1)(C1CCCCC1)C1CCCCC1=O.CS(=O)(=O)OS(C1CCCCC1)(C1CCCCC1)C1CCCCC1=O.O=C1CCCCC1S(F)(C1CCCCC1)C1CCCCC1. The monoisotopic (exact) mass is 1480 g/mol. The Hall–Kier alpha value is -0.260. The van der Waals surface area contributed by atoms with Gasteiger partial charge in [0.05, 0.1) is 39.8 Å². The lowest BCUT2D eigenvalue weighted by Gasteiger charge is -2.56. The molecule has 0 aliphatic heterocycles. The Morgan fingerprint density at radius 1 is 0.229 bits per heavy atom. The van der Waals surface area contributed by atoms with Crippen molar-refractivity contribution in [3.63, 3.8) is 0 Å². The van der Waals surface area contributed by atoms with Crippen LogP contribution in [0.1, 0.15) is 360 Å². The highest BCUT2D eigenvalue weighted by Gasteiger charge is 2.57. The van der Waals surface area contributed by atoms with Crippen LogP contribution in [0.3, 0.4) is 0 Å². The lowest BCUT2D eigenvalue weighted by atomic mass is 9.98. The van der Waals surface area contributed by atoms with Crippen LogP contribution in [0.5, 0.6) is 0 Å². The number of hydrogen-bond acceptors (Lipinski definition) is 13. The number of carbonyl (C=O) groups is 4. The summed E-state index contributed by atoms with van der Waals surface area (Å²) in [5.41, 5.74) is 0. The molecule has 12 aliphatic carbocycles. The van der Waals surface area contributed by atoms with Crippen molar-refractivity contribution in [2.75, 3.05) is 18.8 Å². The quantitative estimate of drug-likeness (QED) is 0.126. The molecular formula is C75H133FO13S7. The van der Waals surface area contributed by atoms with E-state index in [4.69, 9.17) is 10.9 Å². The van der Waals surface area contributed by atoms with Crippen LogP contribution in [0, 0.1) is 0 Å². The van der Waals surface area contributed by atoms with Gasteiger partial charge in [0, 0.05) is 67.7 Å². The molecule has 13 nitrogen and oxygen atoms in total. The predicted octanol–water partition coefficient (Wildman–Crippen LogP) is 20.4. The van der Waals surface area contributed by atoms with Crippen LogP contribution in [0.25, 0.3) is 0 Å². The standard InChI is InChI=1S/3C19H34O4S2.C18H31FOS/c3*1-24(21,22)23-25(16-10-4-2-5-11-16,17-12-6-3-7-13-17)19-15-9-8-14-18(19)20;19-21(15-9-3-1-4-10-15,16-11-5-2-6-12-16)18-14-8-7-13-17(18)20/h3*16-17,19H,2-15H2,1H3;15-16,18H,1-14H2. The van der Waals surface area contributed by atoms with E-state index in [9.17, 15) is 44.4 Å². The van der Waals surface area contributed by atoms with E-state index >= 15 is 3.89 Å². The summed E-state index contributed by atoms with van der Waals surface area (Å²) in [5, 5.41) is 1.69. The number of Topliss-reactive ketones (excluding diaryl/α,β-unsaturated/α-hetero) is 4. The maximum atomic E-state index is 16.6. The van der Waals surface area contributed by atoms with Gasteiger partial charge in [-0.25, -0.2) is 10.9 Å². The van der Waals surface area contributed by atoms with Crippen LogP contribution in [-0.4, -0.2) is 130 Å². The molecule has 12 fully saturated rings. The molecule has 0 aromatic heterocycles. The summed E-state index contributed by atoms with van der Waals surface area (Å²) in [6.07, 6.45) is 62.9. The van der Waals surface area contributed by atoms with Crippen molar-refractivity contribution in [2.24, 2.45) is 0 Å². The molecule has 0 saturated heterocycles. The van der Waals surface area contributed by atoms with E-state index in [-0.39, 0.29) is 37.3 Å². The highest BCUT2D eigenvalue weighted by molar-refractivity contribution is 8.35. The first-order chi connectivity index (χ1) is 46.0. The first-order valence-corrected chi connectivity index (χ1v) is 52.2. The largest absolute Gasteiger partial charge is 0.298 e. The van der Waals surface area contributed by atoms with Gasteiger partial charge in [-0.05, 0) is 154 Å². The maximum Gasteiger partial charge on any atom is 0.273 e. The summed E-state index contributed by atoms with van der Waals surface area (Å²) in [5.74, 6) is 1.16. The van der Waals surface area contributed by atoms with Gasteiger partial charge in [0.1, 0.15) is 23.1 Å². The summed E-state index contributed by atoms with van der Waals surface area (Å²) in [7, 11) is -18.8. The molecule has 0 amide bonds. The van der Waals surface area contributed by atoms with Crippen LogP contribution >= 0.6 is 41.3 Å². The molecule has 560 valence electrons. The van der Waals surface area contributed by atoms with Gasteiger partial charge in [-0.3, -0.25) is 19.2 Å². The van der Waals surface area contributed by atoms with Gasteiger partial charge in [-0.15, -0.1) is 30.9 Å². The molecule has 0 radical (unpaired) electrons. The minimum atomic E-state index is -3.57. The summed E-state index contributed by atoms with van der Waals surface area (Å²) in [4.78, 5) is 51.4. The minimum Gasteiger partial charge on any atom is -0.298 e. The molecule has 0 aromatic carbocycles. The zero-order valence-corrected chi connectivity index (χ0v) is 65.8. The van der Waals surface area contributed by atoms with Crippen LogP contribution in [0.2, 0.25) is 0 Å². The second kappa shape index (κ2) is 37.6. The molecule has 0 aromatic rings. The maximum absolute atomic E-state index is 16.6. The van der Waals surface area contributed by atoms with Gasteiger partial charge in [0.2, 0.25) is 0 Å². The molecule has 0 spiro atoms. The third kappa shape index (κ3) is 20.6. The van der Waals surface area contributed by atoms with Crippen LogP contribution in [0.4, 0.5) is 3.89 Å². The van der Waals surface area contributed by atoms with E-state index in [0.717, 1.165) is 257 Å². The van der Waals surface area contributed by atoms with Crippen molar-refractivity contribution in [3.05, 3.63) is 0 Å². The Bertz CT molecular complexity index is 2470. The van der Waals surface area contributed by atoms with Gasteiger partial charge < -0.3 is 0 Å². The van der Waals surface area contributed by atoms with Crippen LogP contribution in [-0.2, 0) is 60.4 Å². The number of carbonyl (C=O) groups excluding carboxylic acids is 4. The van der Waals surface area contributed by atoms with Crippen molar-refractivity contribution in [3.8, 4) is 0 Å². The van der Waals surface area contributed by atoms with Crippen molar-refractivity contribution in [2.45, 2.75) is 423 Å². The summed E-state index contributed by atoms with van der Waals surface area (Å²) >= 11 is 0. The predicted molar refractivity (Wildman–Crippen MR) is 403 cm³/mol. The molecule has 96 heavy (non-hydrogen) atoms. The van der Waals surface area contributed by atoms with E-state index in [1.807, 2.05) is 0 Å². The third-order valence-corrected chi connectivity index (χ3v) is 48.5. The summed E-state index contributed by atoms with van der Waals surface area (Å²) in [6, 6.07) is 0. The van der Waals surface area contributed by atoms with Crippen molar-refractivity contribution < 1.29 is 59.2 Å². The van der Waals surface area contributed by atoms with Gasteiger partial charge in [-0.1, -0.05) is 190 Å². The zero-order valence-electron chi connectivity index (χ0n) is 60.1. The second-order valence-corrected chi connectivity index (χ2v) is 51.0. The normalized spacial score (nSPS) is 29.4. The van der Waals surface area contributed by atoms with Crippen LogP contribution < -0.4 is 0 Å². The first kappa shape index (κ1) is 79.8. The molecule has 12 saturated carbocycles. The molecule has 4 unspecified atom stereocenters. The van der Waals surface area contributed by atoms with Gasteiger partial charge in [0.25, 0.3) is 30.4 Å². The Kier molecular flexibility index (Phi) is 31.3. The lowest BCUT2D eigenvalue weighted by Crippen LogP contribution is -2.45. The van der Waals surface area contributed by atoms with E-state index in [2.05, 4.69) is 0 Å². The first-order valence-electron chi connectivity index (χ1n) is 39.8. The second-order valence-electron chi connectivity index (χ2n) is 32.0. The number of hydrogen-bond donors (Lipinski definition) is 0. The fourth-order valence-corrected chi connectivity index (χ4v) is 48.5. The third-order valence-electron chi connectivity index (χ3n) is 25.1. The van der Waals surface area contributed by atoms with Crippen LogP contribution in [0.15, 0.2) is 0 Å². The highest BCUT2D eigenvalue weighted by Crippen LogP contribution is 2.74.